The van der Waals surface area contributed by atoms with Crippen LogP contribution in [0.1, 0.15) is 31.2 Å². The van der Waals surface area contributed by atoms with Crippen LogP contribution < -0.4 is 4.90 Å². The van der Waals surface area contributed by atoms with Crippen LogP contribution in [0, 0.1) is 17.6 Å². The zero-order chi connectivity index (χ0) is 15.0. The molecule has 0 amide bonds. The summed E-state index contributed by atoms with van der Waals surface area (Å²) in [5.41, 5.74) is 0.259. The van der Waals surface area contributed by atoms with E-state index < -0.39 is 17.6 Å². The Morgan fingerprint density at radius 2 is 1.86 bits per heavy atom. The Hall–Kier alpha value is -1.91. The van der Waals surface area contributed by atoms with Crippen molar-refractivity contribution in [2.75, 3.05) is 11.4 Å². The van der Waals surface area contributed by atoms with Crippen molar-refractivity contribution in [2.45, 2.75) is 31.7 Å². The van der Waals surface area contributed by atoms with Crippen molar-refractivity contribution in [3.8, 4) is 0 Å². The molecular weight excluding hydrogens is 276 g/mol. The van der Waals surface area contributed by atoms with Crippen LogP contribution in [0.4, 0.5) is 14.5 Å². The standard InChI is InChI=1S/C16H17F2NO2/c17-13-7-11(3-6-15(20)21)8-14(18)16(13)19(12-4-5-12)9-10-1-2-10/h3,6-8,10,12H,1-2,4-5,9H2,(H,20,21). The maximum Gasteiger partial charge on any atom is 0.328 e. The topological polar surface area (TPSA) is 40.5 Å². The van der Waals surface area contributed by atoms with Gasteiger partial charge in [0.25, 0.3) is 0 Å². The summed E-state index contributed by atoms with van der Waals surface area (Å²) in [6.45, 7) is 0.711. The smallest absolute Gasteiger partial charge is 0.328 e. The van der Waals surface area contributed by atoms with Crippen LogP contribution in [0.2, 0.25) is 0 Å². The van der Waals surface area contributed by atoms with Crippen LogP contribution in [-0.4, -0.2) is 23.7 Å². The summed E-state index contributed by atoms with van der Waals surface area (Å²) >= 11 is 0. The van der Waals surface area contributed by atoms with E-state index in [4.69, 9.17) is 5.11 Å². The van der Waals surface area contributed by atoms with Gasteiger partial charge in [0.2, 0.25) is 0 Å². The van der Waals surface area contributed by atoms with E-state index in [0.717, 1.165) is 31.8 Å². The molecule has 0 aliphatic heterocycles. The Morgan fingerprint density at radius 1 is 1.24 bits per heavy atom. The fraction of sp³-hybridized carbons (Fsp3) is 0.438. The highest BCUT2D eigenvalue weighted by Crippen LogP contribution is 2.39. The van der Waals surface area contributed by atoms with Crippen LogP contribution in [-0.2, 0) is 4.79 Å². The molecule has 21 heavy (non-hydrogen) atoms. The van der Waals surface area contributed by atoms with Gasteiger partial charge in [0.15, 0.2) is 0 Å². The Morgan fingerprint density at radius 3 is 2.33 bits per heavy atom. The van der Waals surface area contributed by atoms with Crippen molar-refractivity contribution in [2.24, 2.45) is 5.92 Å². The van der Waals surface area contributed by atoms with Gasteiger partial charge in [-0.2, -0.15) is 0 Å². The molecular formula is C16H17F2NO2. The van der Waals surface area contributed by atoms with E-state index in [1.165, 1.54) is 18.2 Å². The van der Waals surface area contributed by atoms with Crippen LogP contribution in [0.5, 0.6) is 0 Å². The molecule has 0 heterocycles. The number of nitrogens with zero attached hydrogens (tertiary/aromatic N) is 1. The molecule has 112 valence electrons. The number of benzene rings is 1. The SMILES string of the molecule is O=C(O)C=Cc1cc(F)c(N(CC2CC2)C2CC2)c(F)c1. The van der Waals surface area contributed by atoms with Gasteiger partial charge in [-0.25, -0.2) is 13.6 Å². The molecule has 2 fully saturated rings. The maximum absolute atomic E-state index is 14.3. The molecule has 0 radical (unpaired) electrons. The van der Waals surface area contributed by atoms with E-state index in [1.807, 2.05) is 4.90 Å². The average Bonchev–Trinajstić information content (AvgIpc) is 3.25. The lowest BCUT2D eigenvalue weighted by molar-refractivity contribution is -0.131. The third-order valence-corrected chi connectivity index (χ3v) is 3.88. The molecule has 1 aromatic carbocycles. The Balaban J connectivity index is 1.88. The number of anilines is 1. The van der Waals surface area contributed by atoms with Crippen molar-refractivity contribution >= 4 is 17.7 Å². The van der Waals surface area contributed by atoms with Crippen molar-refractivity contribution in [1.82, 2.24) is 0 Å². The molecule has 0 bridgehead atoms. The largest absolute Gasteiger partial charge is 0.478 e. The quantitative estimate of drug-likeness (QED) is 0.817. The maximum atomic E-state index is 14.3. The predicted octanol–water partition coefficient (Wildman–Crippen LogP) is 3.44. The second-order valence-corrected chi connectivity index (χ2v) is 5.83. The Bertz CT molecular complexity index is 569. The first-order chi connectivity index (χ1) is 10.0. The number of halogens is 2. The highest BCUT2D eigenvalue weighted by molar-refractivity contribution is 5.85. The van der Waals surface area contributed by atoms with Gasteiger partial charge in [-0.15, -0.1) is 0 Å². The summed E-state index contributed by atoms with van der Waals surface area (Å²) in [5, 5.41) is 8.56. The summed E-state index contributed by atoms with van der Waals surface area (Å²) in [4.78, 5) is 12.3. The molecule has 3 nitrogen and oxygen atoms in total. The van der Waals surface area contributed by atoms with E-state index in [-0.39, 0.29) is 17.3 Å². The van der Waals surface area contributed by atoms with Gasteiger partial charge in [-0.3, -0.25) is 0 Å². The number of hydrogen-bond acceptors (Lipinski definition) is 2. The summed E-state index contributed by atoms with van der Waals surface area (Å²) < 4.78 is 28.6. The van der Waals surface area contributed by atoms with Gasteiger partial charge in [0.05, 0.1) is 0 Å². The number of carbonyl (C=O) groups is 1. The van der Waals surface area contributed by atoms with Gasteiger partial charge in [0.1, 0.15) is 17.3 Å². The Labute approximate surface area is 121 Å². The third-order valence-electron chi connectivity index (χ3n) is 3.88. The summed E-state index contributed by atoms with van der Waals surface area (Å²) in [7, 11) is 0. The predicted molar refractivity (Wildman–Crippen MR) is 76.1 cm³/mol. The molecule has 3 rings (SSSR count). The number of carboxylic acids is 1. The average molecular weight is 293 g/mol. The monoisotopic (exact) mass is 293 g/mol. The van der Waals surface area contributed by atoms with E-state index in [2.05, 4.69) is 0 Å². The summed E-state index contributed by atoms with van der Waals surface area (Å²) in [6, 6.07) is 2.63. The van der Waals surface area contributed by atoms with Gasteiger partial charge < -0.3 is 10.0 Å². The molecule has 1 N–H and O–H groups in total. The molecule has 0 aromatic heterocycles. The molecule has 2 saturated carbocycles. The van der Waals surface area contributed by atoms with E-state index in [0.29, 0.717) is 12.5 Å². The molecule has 0 saturated heterocycles. The van der Waals surface area contributed by atoms with Crippen LogP contribution in [0.3, 0.4) is 0 Å². The minimum absolute atomic E-state index is 0.0388. The fourth-order valence-corrected chi connectivity index (χ4v) is 2.51. The van der Waals surface area contributed by atoms with Gasteiger partial charge in [-0.05, 0) is 55.4 Å². The second-order valence-electron chi connectivity index (χ2n) is 5.83. The van der Waals surface area contributed by atoms with Crippen molar-refractivity contribution in [3.05, 3.63) is 35.4 Å². The van der Waals surface area contributed by atoms with Gasteiger partial charge >= 0.3 is 5.97 Å². The lowest BCUT2D eigenvalue weighted by Gasteiger charge is -2.25. The first-order valence-electron chi connectivity index (χ1n) is 7.21. The van der Waals surface area contributed by atoms with Crippen LogP contribution >= 0.6 is 0 Å². The number of rotatable bonds is 6. The lowest BCUT2D eigenvalue weighted by atomic mass is 10.1. The fourth-order valence-electron chi connectivity index (χ4n) is 2.51. The molecule has 5 heteroatoms. The Kier molecular flexibility index (Phi) is 3.66. The second kappa shape index (κ2) is 5.47. The third kappa shape index (κ3) is 3.40. The first-order valence-corrected chi connectivity index (χ1v) is 7.21. The first kappa shape index (κ1) is 14.0. The number of carboxylic acid groups (broad SMARTS) is 1. The van der Waals surface area contributed by atoms with Crippen molar-refractivity contribution in [3.63, 3.8) is 0 Å². The molecule has 2 aliphatic rings. The van der Waals surface area contributed by atoms with E-state index in [9.17, 15) is 13.6 Å². The highest BCUT2D eigenvalue weighted by Gasteiger charge is 2.36. The molecule has 0 unspecified atom stereocenters. The zero-order valence-electron chi connectivity index (χ0n) is 11.6. The van der Waals surface area contributed by atoms with E-state index in [1.54, 1.807) is 0 Å². The highest BCUT2D eigenvalue weighted by atomic mass is 19.1. The molecule has 2 aliphatic carbocycles. The zero-order valence-corrected chi connectivity index (χ0v) is 11.6. The normalized spacial score (nSPS) is 18.2. The number of aliphatic carboxylic acids is 1. The van der Waals surface area contributed by atoms with Crippen molar-refractivity contribution in [1.29, 1.82) is 0 Å². The lowest BCUT2D eigenvalue weighted by Crippen LogP contribution is -2.30. The molecule has 0 spiro atoms. The minimum Gasteiger partial charge on any atom is -0.478 e. The van der Waals surface area contributed by atoms with Gasteiger partial charge in [-0.1, -0.05) is 0 Å². The van der Waals surface area contributed by atoms with Crippen molar-refractivity contribution < 1.29 is 18.7 Å². The molecule has 0 atom stereocenters. The van der Waals surface area contributed by atoms with Crippen LogP contribution in [0.15, 0.2) is 18.2 Å². The van der Waals surface area contributed by atoms with Gasteiger partial charge in [0, 0.05) is 18.7 Å². The summed E-state index contributed by atoms with van der Waals surface area (Å²) in [6.07, 6.45) is 6.29. The minimum atomic E-state index is -1.15. The summed E-state index contributed by atoms with van der Waals surface area (Å²) in [5.74, 6) is -1.83. The van der Waals surface area contributed by atoms with Crippen LogP contribution in [0.25, 0.3) is 6.08 Å². The molecule has 1 aromatic rings. The van der Waals surface area contributed by atoms with E-state index >= 15 is 0 Å². The number of hydrogen-bond donors (Lipinski definition) is 1.